The molecule has 0 unspecified atom stereocenters. The van der Waals surface area contributed by atoms with Gasteiger partial charge in [0.05, 0.1) is 5.69 Å². The molecule has 0 saturated heterocycles. The largest absolute Gasteiger partial charge is 0.325 e. The summed E-state index contributed by atoms with van der Waals surface area (Å²) in [4.78, 5) is 9.74. The van der Waals surface area contributed by atoms with E-state index in [1.165, 1.54) is 11.8 Å². The van der Waals surface area contributed by atoms with E-state index in [-0.39, 0.29) is 0 Å². The summed E-state index contributed by atoms with van der Waals surface area (Å²) in [6, 6.07) is 9.50. The first-order chi connectivity index (χ1) is 8.17. The molecule has 0 fully saturated rings. The summed E-state index contributed by atoms with van der Waals surface area (Å²) < 4.78 is 0. The molecule has 2 aromatic rings. The number of benzene rings is 1. The van der Waals surface area contributed by atoms with Crippen molar-refractivity contribution < 1.29 is 0 Å². The Morgan fingerprint density at radius 3 is 2.82 bits per heavy atom. The first-order valence-corrected chi connectivity index (χ1v) is 6.35. The van der Waals surface area contributed by atoms with Crippen LogP contribution in [0.4, 0.5) is 0 Å². The third kappa shape index (κ3) is 3.43. The van der Waals surface area contributed by atoms with Crippen molar-refractivity contribution in [2.75, 3.05) is 0 Å². The number of halogens is 1. The molecule has 0 bridgehead atoms. The summed E-state index contributed by atoms with van der Waals surface area (Å²) in [5.41, 5.74) is 7.35. The van der Waals surface area contributed by atoms with Crippen LogP contribution in [0.1, 0.15) is 11.4 Å². The molecule has 0 aliphatic heterocycles. The Bertz CT molecular complexity index is 531. The monoisotopic (exact) mass is 265 g/mol. The van der Waals surface area contributed by atoms with Gasteiger partial charge in [0.1, 0.15) is 0 Å². The molecule has 2 rings (SSSR count). The van der Waals surface area contributed by atoms with E-state index in [2.05, 4.69) is 9.97 Å². The highest BCUT2D eigenvalue weighted by atomic mass is 35.5. The lowest BCUT2D eigenvalue weighted by atomic mass is 10.3. The van der Waals surface area contributed by atoms with Gasteiger partial charge in [-0.25, -0.2) is 9.97 Å². The molecule has 0 atom stereocenters. The van der Waals surface area contributed by atoms with Gasteiger partial charge in [-0.05, 0) is 43.0 Å². The topological polar surface area (TPSA) is 51.8 Å². The summed E-state index contributed by atoms with van der Waals surface area (Å²) in [5.74, 6) is 0. The van der Waals surface area contributed by atoms with E-state index in [0.717, 1.165) is 16.3 Å². The molecule has 1 aromatic carbocycles. The third-order valence-electron chi connectivity index (χ3n) is 2.10. The minimum Gasteiger partial charge on any atom is -0.325 e. The van der Waals surface area contributed by atoms with Gasteiger partial charge in [-0.3, -0.25) is 0 Å². The zero-order chi connectivity index (χ0) is 12.3. The molecule has 88 valence electrons. The van der Waals surface area contributed by atoms with Crippen LogP contribution in [0.3, 0.4) is 0 Å². The Morgan fingerprint density at radius 1 is 1.29 bits per heavy atom. The second kappa shape index (κ2) is 5.49. The summed E-state index contributed by atoms with van der Waals surface area (Å²) >= 11 is 7.41. The summed E-state index contributed by atoms with van der Waals surface area (Å²) in [6.45, 7) is 2.36. The highest BCUT2D eigenvalue weighted by Crippen LogP contribution is 2.26. The van der Waals surface area contributed by atoms with Gasteiger partial charge in [-0.1, -0.05) is 17.7 Å². The lowest BCUT2D eigenvalue weighted by Gasteiger charge is -2.04. The van der Waals surface area contributed by atoms with Crippen molar-refractivity contribution in [3.8, 4) is 0 Å². The standard InChI is InChI=1S/C12H12ClN3S/c1-8-5-10(7-14)16-12(15-8)17-11-4-2-3-9(13)6-11/h2-6H,7,14H2,1H3. The number of hydrogen-bond donors (Lipinski definition) is 1. The third-order valence-corrected chi connectivity index (χ3v) is 3.19. The number of hydrogen-bond acceptors (Lipinski definition) is 4. The molecule has 0 aliphatic carbocycles. The number of aromatic nitrogens is 2. The summed E-state index contributed by atoms with van der Waals surface area (Å²) in [7, 11) is 0. The number of nitrogens with two attached hydrogens (primary N) is 1. The van der Waals surface area contributed by atoms with Crippen LogP contribution in [-0.2, 0) is 6.54 Å². The number of nitrogens with zero attached hydrogens (tertiary/aromatic N) is 2. The molecule has 2 N–H and O–H groups in total. The molecule has 0 saturated carbocycles. The molecule has 3 nitrogen and oxygen atoms in total. The summed E-state index contributed by atoms with van der Waals surface area (Å²) in [6.07, 6.45) is 0. The van der Waals surface area contributed by atoms with Gasteiger partial charge in [0, 0.05) is 22.2 Å². The maximum Gasteiger partial charge on any atom is 0.192 e. The van der Waals surface area contributed by atoms with E-state index in [1.54, 1.807) is 0 Å². The minimum atomic E-state index is 0.423. The zero-order valence-corrected chi connectivity index (χ0v) is 10.9. The van der Waals surface area contributed by atoms with E-state index in [4.69, 9.17) is 17.3 Å². The van der Waals surface area contributed by atoms with Gasteiger partial charge in [-0.2, -0.15) is 0 Å². The average Bonchev–Trinajstić information content (AvgIpc) is 2.28. The predicted molar refractivity (Wildman–Crippen MR) is 70.2 cm³/mol. The van der Waals surface area contributed by atoms with E-state index in [9.17, 15) is 0 Å². The van der Waals surface area contributed by atoms with Crippen molar-refractivity contribution in [2.45, 2.75) is 23.5 Å². The van der Waals surface area contributed by atoms with Crippen LogP contribution in [-0.4, -0.2) is 9.97 Å². The van der Waals surface area contributed by atoms with Crippen molar-refractivity contribution in [1.29, 1.82) is 0 Å². The highest BCUT2D eigenvalue weighted by Gasteiger charge is 2.04. The normalized spacial score (nSPS) is 10.5. The Morgan fingerprint density at radius 2 is 2.12 bits per heavy atom. The molecule has 1 aromatic heterocycles. The Balaban J connectivity index is 2.26. The van der Waals surface area contributed by atoms with Crippen LogP contribution in [0.2, 0.25) is 5.02 Å². The molecule has 0 spiro atoms. The minimum absolute atomic E-state index is 0.423. The Kier molecular flexibility index (Phi) is 3.99. The molecular formula is C12H12ClN3S. The molecule has 1 heterocycles. The lowest BCUT2D eigenvalue weighted by Crippen LogP contribution is -2.02. The summed E-state index contributed by atoms with van der Waals surface area (Å²) in [5, 5.41) is 1.41. The SMILES string of the molecule is Cc1cc(CN)nc(Sc2cccc(Cl)c2)n1. The fourth-order valence-electron chi connectivity index (χ4n) is 1.39. The van der Waals surface area contributed by atoms with Crippen molar-refractivity contribution >= 4 is 23.4 Å². The van der Waals surface area contributed by atoms with Crippen molar-refractivity contribution in [3.63, 3.8) is 0 Å². The smallest absolute Gasteiger partial charge is 0.192 e. The second-order valence-electron chi connectivity index (χ2n) is 3.55. The number of rotatable bonds is 3. The van der Waals surface area contributed by atoms with Crippen LogP contribution in [0, 0.1) is 6.92 Å². The first kappa shape index (κ1) is 12.4. The van der Waals surface area contributed by atoms with Gasteiger partial charge < -0.3 is 5.73 Å². The van der Waals surface area contributed by atoms with Crippen LogP contribution in [0.25, 0.3) is 0 Å². The van der Waals surface area contributed by atoms with Crippen LogP contribution in [0.5, 0.6) is 0 Å². The van der Waals surface area contributed by atoms with Crippen LogP contribution >= 0.6 is 23.4 Å². The van der Waals surface area contributed by atoms with E-state index < -0.39 is 0 Å². The number of aryl methyl sites for hydroxylation is 1. The average molecular weight is 266 g/mol. The Labute approximate surface area is 109 Å². The van der Waals surface area contributed by atoms with Crippen LogP contribution in [0.15, 0.2) is 40.4 Å². The van der Waals surface area contributed by atoms with E-state index in [1.807, 2.05) is 37.3 Å². The fourth-order valence-corrected chi connectivity index (χ4v) is 2.54. The highest BCUT2D eigenvalue weighted by molar-refractivity contribution is 7.99. The second-order valence-corrected chi connectivity index (χ2v) is 5.02. The fraction of sp³-hybridized carbons (Fsp3) is 0.167. The van der Waals surface area contributed by atoms with Crippen LogP contribution < -0.4 is 5.73 Å². The van der Waals surface area contributed by atoms with Gasteiger partial charge >= 0.3 is 0 Å². The molecular weight excluding hydrogens is 254 g/mol. The first-order valence-electron chi connectivity index (χ1n) is 5.15. The molecule has 5 heteroatoms. The molecule has 0 aliphatic rings. The predicted octanol–water partition coefficient (Wildman–Crippen LogP) is 3.05. The van der Waals surface area contributed by atoms with Crippen molar-refractivity contribution in [3.05, 3.63) is 46.7 Å². The van der Waals surface area contributed by atoms with Gasteiger partial charge in [0.25, 0.3) is 0 Å². The molecule has 0 radical (unpaired) electrons. The molecule has 17 heavy (non-hydrogen) atoms. The van der Waals surface area contributed by atoms with Gasteiger partial charge in [0.15, 0.2) is 5.16 Å². The van der Waals surface area contributed by atoms with Crippen molar-refractivity contribution in [1.82, 2.24) is 9.97 Å². The van der Waals surface area contributed by atoms with Gasteiger partial charge in [-0.15, -0.1) is 0 Å². The van der Waals surface area contributed by atoms with E-state index >= 15 is 0 Å². The van der Waals surface area contributed by atoms with Crippen molar-refractivity contribution in [2.24, 2.45) is 5.73 Å². The zero-order valence-electron chi connectivity index (χ0n) is 9.35. The maximum absolute atomic E-state index is 5.93. The quantitative estimate of drug-likeness (QED) is 0.867. The lowest BCUT2D eigenvalue weighted by molar-refractivity contribution is 0.854. The Hall–Kier alpha value is -1.10. The maximum atomic E-state index is 5.93. The van der Waals surface area contributed by atoms with Gasteiger partial charge in [0.2, 0.25) is 0 Å². The van der Waals surface area contributed by atoms with E-state index in [0.29, 0.717) is 16.7 Å². The molecule has 0 amide bonds.